The molecule has 21 heavy (non-hydrogen) atoms. The molecule has 0 aliphatic rings. The molecule has 0 saturated heterocycles. The van der Waals surface area contributed by atoms with Crippen LogP contribution in [0.25, 0.3) is 16.8 Å². The molecule has 3 aromatic rings. The first-order valence-corrected chi connectivity index (χ1v) is 7.18. The molecule has 1 heterocycles. The minimum atomic E-state index is -0.287. The maximum atomic E-state index is 13.0. The van der Waals surface area contributed by atoms with Crippen LogP contribution < -0.4 is 0 Å². The number of benzene rings is 2. The lowest BCUT2D eigenvalue weighted by Gasteiger charge is -2.00. The van der Waals surface area contributed by atoms with Crippen molar-refractivity contribution in [2.24, 2.45) is 0 Å². The minimum absolute atomic E-state index is 0.170. The van der Waals surface area contributed by atoms with Crippen molar-refractivity contribution in [2.45, 2.75) is 6.61 Å². The van der Waals surface area contributed by atoms with E-state index in [4.69, 9.17) is 0 Å². The van der Waals surface area contributed by atoms with Gasteiger partial charge in [-0.3, -0.25) is 0 Å². The van der Waals surface area contributed by atoms with E-state index >= 15 is 0 Å². The molecular weight excluding hydrogens is 335 g/mol. The highest BCUT2D eigenvalue weighted by Gasteiger charge is 2.11. The summed E-state index contributed by atoms with van der Waals surface area (Å²) in [5, 5.41) is 13.9. The number of nitrogens with zero attached hydrogens (tertiary/aromatic N) is 2. The summed E-state index contributed by atoms with van der Waals surface area (Å²) in [6.07, 6.45) is 1.84. The van der Waals surface area contributed by atoms with Gasteiger partial charge in [0.1, 0.15) is 5.82 Å². The largest absolute Gasteiger partial charge is 0.390 e. The van der Waals surface area contributed by atoms with Gasteiger partial charge in [-0.1, -0.05) is 28.1 Å². The Balaban J connectivity index is 2.05. The molecule has 1 N–H and O–H groups in total. The molecule has 3 nitrogen and oxygen atoms in total. The van der Waals surface area contributed by atoms with Gasteiger partial charge in [0.2, 0.25) is 0 Å². The van der Waals surface area contributed by atoms with Crippen molar-refractivity contribution in [1.82, 2.24) is 9.78 Å². The van der Waals surface area contributed by atoms with Crippen molar-refractivity contribution in [3.05, 3.63) is 70.7 Å². The molecule has 0 aliphatic heterocycles. The van der Waals surface area contributed by atoms with Gasteiger partial charge in [0, 0.05) is 16.2 Å². The third kappa shape index (κ3) is 2.89. The Morgan fingerprint density at radius 3 is 2.33 bits per heavy atom. The van der Waals surface area contributed by atoms with Crippen molar-refractivity contribution in [3.8, 4) is 16.8 Å². The molecule has 0 aliphatic carbocycles. The van der Waals surface area contributed by atoms with Gasteiger partial charge in [-0.05, 0) is 42.0 Å². The average molecular weight is 347 g/mol. The van der Waals surface area contributed by atoms with Gasteiger partial charge in [0.25, 0.3) is 0 Å². The smallest absolute Gasteiger partial charge is 0.123 e. The Kier molecular flexibility index (Phi) is 3.86. The van der Waals surface area contributed by atoms with Crippen LogP contribution >= 0.6 is 15.9 Å². The Labute approximate surface area is 129 Å². The fourth-order valence-electron chi connectivity index (χ4n) is 2.12. The van der Waals surface area contributed by atoms with Crippen molar-refractivity contribution in [2.75, 3.05) is 0 Å². The number of aliphatic hydroxyl groups is 1. The van der Waals surface area contributed by atoms with Crippen LogP contribution in [0.2, 0.25) is 0 Å². The van der Waals surface area contributed by atoms with Gasteiger partial charge in [0.15, 0.2) is 0 Å². The highest BCUT2D eigenvalue weighted by molar-refractivity contribution is 9.10. The number of aliphatic hydroxyl groups excluding tert-OH is 1. The van der Waals surface area contributed by atoms with Crippen LogP contribution in [0.15, 0.2) is 59.2 Å². The van der Waals surface area contributed by atoms with Gasteiger partial charge in [-0.2, -0.15) is 5.10 Å². The minimum Gasteiger partial charge on any atom is -0.390 e. The summed E-state index contributed by atoms with van der Waals surface area (Å²) < 4.78 is 15.7. The van der Waals surface area contributed by atoms with E-state index in [-0.39, 0.29) is 12.4 Å². The fraction of sp³-hybridized carbons (Fsp3) is 0.0625. The maximum Gasteiger partial charge on any atom is 0.123 e. The van der Waals surface area contributed by atoms with Gasteiger partial charge in [0.05, 0.1) is 18.0 Å². The number of halogens is 2. The molecule has 5 heteroatoms. The zero-order chi connectivity index (χ0) is 14.8. The van der Waals surface area contributed by atoms with Gasteiger partial charge < -0.3 is 5.11 Å². The van der Waals surface area contributed by atoms with Crippen LogP contribution in [0.1, 0.15) is 5.69 Å². The summed E-state index contributed by atoms with van der Waals surface area (Å²) in [6.45, 7) is -0.170. The van der Waals surface area contributed by atoms with Crippen molar-refractivity contribution in [3.63, 3.8) is 0 Å². The molecule has 0 fully saturated rings. The van der Waals surface area contributed by atoms with Gasteiger partial charge in [-0.25, -0.2) is 9.07 Å². The molecule has 3 rings (SSSR count). The second-order valence-electron chi connectivity index (χ2n) is 4.58. The van der Waals surface area contributed by atoms with Crippen LogP contribution in [0.4, 0.5) is 4.39 Å². The number of aromatic nitrogens is 2. The second kappa shape index (κ2) is 5.79. The van der Waals surface area contributed by atoms with E-state index < -0.39 is 0 Å². The predicted molar refractivity (Wildman–Crippen MR) is 82.6 cm³/mol. The molecule has 0 atom stereocenters. The highest BCUT2D eigenvalue weighted by atomic mass is 79.9. The quantitative estimate of drug-likeness (QED) is 0.780. The summed E-state index contributed by atoms with van der Waals surface area (Å²) in [7, 11) is 0. The van der Waals surface area contributed by atoms with Crippen LogP contribution in [-0.4, -0.2) is 14.9 Å². The third-order valence-corrected chi connectivity index (χ3v) is 3.72. The van der Waals surface area contributed by atoms with Gasteiger partial charge >= 0.3 is 0 Å². The first-order chi connectivity index (χ1) is 10.2. The molecule has 0 radical (unpaired) electrons. The van der Waals surface area contributed by atoms with E-state index in [9.17, 15) is 9.50 Å². The van der Waals surface area contributed by atoms with Crippen molar-refractivity contribution in [1.29, 1.82) is 0 Å². The lowest BCUT2D eigenvalue weighted by molar-refractivity contribution is 0.276. The normalized spacial score (nSPS) is 10.8. The first kappa shape index (κ1) is 14.0. The maximum absolute atomic E-state index is 13.0. The monoisotopic (exact) mass is 346 g/mol. The van der Waals surface area contributed by atoms with Crippen LogP contribution in [-0.2, 0) is 6.61 Å². The topological polar surface area (TPSA) is 38.1 Å². The molecular formula is C16H12BrFN2O. The Morgan fingerprint density at radius 2 is 1.71 bits per heavy atom. The summed E-state index contributed by atoms with van der Waals surface area (Å²) in [6, 6.07) is 13.8. The molecule has 0 unspecified atom stereocenters. The van der Waals surface area contributed by atoms with E-state index in [1.165, 1.54) is 12.1 Å². The molecule has 0 amide bonds. The lowest BCUT2D eigenvalue weighted by Crippen LogP contribution is -1.95. The standard InChI is InChI=1S/C16H12BrFN2O/c17-12-3-7-14(8-4-12)20-9-15(16(10-21)19-20)11-1-5-13(18)6-2-11/h1-9,21H,10H2. The van der Waals surface area contributed by atoms with Crippen molar-refractivity contribution < 1.29 is 9.50 Å². The third-order valence-electron chi connectivity index (χ3n) is 3.19. The SMILES string of the molecule is OCc1nn(-c2ccc(Br)cc2)cc1-c1ccc(F)cc1. The number of rotatable bonds is 3. The Morgan fingerprint density at radius 1 is 1.05 bits per heavy atom. The van der Waals surface area contributed by atoms with Crippen LogP contribution in [0, 0.1) is 5.82 Å². The van der Waals surface area contributed by atoms with E-state index in [2.05, 4.69) is 21.0 Å². The Hall–Kier alpha value is -1.98. The number of hydrogen-bond acceptors (Lipinski definition) is 2. The van der Waals surface area contributed by atoms with E-state index in [0.717, 1.165) is 21.3 Å². The molecule has 0 spiro atoms. The molecule has 0 bridgehead atoms. The fourth-order valence-corrected chi connectivity index (χ4v) is 2.39. The van der Waals surface area contributed by atoms with E-state index in [1.54, 1.807) is 16.8 Å². The lowest BCUT2D eigenvalue weighted by atomic mass is 10.1. The molecule has 0 saturated carbocycles. The van der Waals surface area contributed by atoms with E-state index in [1.807, 2.05) is 30.5 Å². The summed E-state index contributed by atoms with van der Waals surface area (Å²) in [4.78, 5) is 0. The highest BCUT2D eigenvalue weighted by Crippen LogP contribution is 2.25. The van der Waals surface area contributed by atoms with E-state index in [0.29, 0.717) is 5.69 Å². The zero-order valence-corrected chi connectivity index (χ0v) is 12.6. The van der Waals surface area contributed by atoms with Gasteiger partial charge in [-0.15, -0.1) is 0 Å². The van der Waals surface area contributed by atoms with Crippen molar-refractivity contribution >= 4 is 15.9 Å². The molecule has 2 aromatic carbocycles. The summed E-state index contributed by atoms with van der Waals surface area (Å²) >= 11 is 3.39. The Bertz CT molecular complexity index is 751. The summed E-state index contributed by atoms with van der Waals surface area (Å²) in [5.41, 5.74) is 3.06. The second-order valence-corrected chi connectivity index (χ2v) is 5.49. The predicted octanol–water partition coefficient (Wildman–Crippen LogP) is 3.93. The van der Waals surface area contributed by atoms with Crippen LogP contribution in [0.3, 0.4) is 0 Å². The number of hydrogen-bond donors (Lipinski definition) is 1. The average Bonchev–Trinajstić information content (AvgIpc) is 2.93. The molecule has 1 aromatic heterocycles. The van der Waals surface area contributed by atoms with Crippen LogP contribution in [0.5, 0.6) is 0 Å². The first-order valence-electron chi connectivity index (χ1n) is 6.38. The molecule has 106 valence electrons. The zero-order valence-electron chi connectivity index (χ0n) is 11.0. The summed E-state index contributed by atoms with van der Waals surface area (Å²) in [5.74, 6) is -0.287.